The summed E-state index contributed by atoms with van der Waals surface area (Å²) in [7, 11) is 0. The van der Waals surface area contributed by atoms with Gasteiger partial charge in [0.2, 0.25) is 0 Å². The number of amides is 1. The van der Waals surface area contributed by atoms with Crippen molar-refractivity contribution in [2.45, 2.75) is 19.9 Å². The second-order valence-corrected chi connectivity index (χ2v) is 4.87. The van der Waals surface area contributed by atoms with Gasteiger partial charge in [0, 0.05) is 43.4 Å². The second kappa shape index (κ2) is 8.63. The van der Waals surface area contributed by atoms with Gasteiger partial charge in [-0.3, -0.25) is 19.6 Å². The lowest BCUT2D eigenvalue weighted by Gasteiger charge is -2.22. The summed E-state index contributed by atoms with van der Waals surface area (Å²) in [5.74, 6) is -0.455. The Hall–Kier alpha value is -2.76. The number of carbonyl (C=O) groups is 2. The zero-order chi connectivity index (χ0) is 16.5. The molecule has 0 saturated heterocycles. The van der Waals surface area contributed by atoms with Gasteiger partial charge in [0.1, 0.15) is 0 Å². The number of hydrogen-bond acceptors (Lipinski definition) is 5. The van der Waals surface area contributed by atoms with Gasteiger partial charge in [-0.05, 0) is 36.8 Å². The Morgan fingerprint density at radius 2 is 1.65 bits per heavy atom. The summed E-state index contributed by atoms with van der Waals surface area (Å²) >= 11 is 0. The van der Waals surface area contributed by atoms with Crippen LogP contribution in [0, 0.1) is 0 Å². The molecule has 0 spiro atoms. The van der Waals surface area contributed by atoms with Gasteiger partial charge in [0.25, 0.3) is 5.91 Å². The highest BCUT2D eigenvalue weighted by atomic mass is 16.5. The lowest BCUT2D eigenvalue weighted by atomic mass is 10.2. The Balaban J connectivity index is 2.10. The molecule has 2 aromatic heterocycles. The quantitative estimate of drug-likeness (QED) is 0.732. The van der Waals surface area contributed by atoms with E-state index in [2.05, 4.69) is 9.97 Å². The molecule has 120 valence electrons. The molecule has 0 aliphatic heterocycles. The molecule has 0 aromatic carbocycles. The third kappa shape index (κ3) is 5.18. The molecule has 0 fully saturated rings. The van der Waals surface area contributed by atoms with E-state index in [0.717, 1.165) is 5.56 Å². The third-order valence-electron chi connectivity index (χ3n) is 3.23. The maximum Gasteiger partial charge on any atom is 0.307 e. The molecule has 0 N–H and O–H groups in total. The van der Waals surface area contributed by atoms with Gasteiger partial charge in [-0.1, -0.05) is 0 Å². The zero-order valence-electron chi connectivity index (χ0n) is 13.0. The zero-order valence-corrected chi connectivity index (χ0v) is 13.0. The van der Waals surface area contributed by atoms with Gasteiger partial charge >= 0.3 is 5.97 Å². The van der Waals surface area contributed by atoms with Gasteiger partial charge < -0.3 is 9.64 Å². The van der Waals surface area contributed by atoms with E-state index in [1.165, 1.54) is 0 Å². The van der Waals surface area contributed by atoms with E-state index in [0.29, 0.717) is 25.3 Å². The number of ether oxygens (including phenoxy) is 1. The van der Waals surface area contributed by atoms with Crippen LogP contribution in [0.3, 0.4) is 0 Å². The number of pyridine rings is 2. The van der Waals surface area contributed by atoms with Gasteiger partial charge in [-0.2, -0.15) is 0 Å². The summed E-state index contributed by atoms with van der Waals surface area (Å²) in [5, 5.41) is 0. The van der Waals surface area contributed by atoms with Gasteiger partial charge in [0.15, 0.2) is 0 Å². The lowest BCUT2D eigenvalue weighted by Crippen LogP contribution is -2.33. The maximum atomic E-state index is 12.7. The largest absolute Gasteiger partial charge is 0.466 e. The highest BCUT2D eigenvalue weighted by molar-refractivity contribution is 5.94. The monoisotopic (exact) mass is 313 g/mol. The Morgan fingerprint density at radius 1 is 1.04 bits per heavy atom. The van der Waals surface area contributed by atoms with Crippen LogP contribution in [0.25, 0.3) is 0 Å². The van der Waals surface area contributed by atoms with E-state index >= 15 is 0 Å². The van der Waals surface area contributed by atoms with Crippen molar-refractivity contribution in [2.24, 2.45) is 0 Å². The molecule has 23 heavy (non-hydrogen) atoms. The van der Waals surface area contributed by atoms with E-state index in [9.17, 15) is 9.59 Å². The Morgan fingerprint density at radius 3 is 2.26 bits per heavy atom. The minimum absolute atomic E-state index is 0.145. The first-order valence-corrected chi connectivity index (χ1v) is 7.44. The Labute approximate surface area is 135 Å². The third-order valence-corrected chi connectivity index (χ3v) is 3.23. The van der Waals surface area contributed by atoms with Crippen LogP contribution in [0.5, 0.6) is 0 Å². The average molecular weight is 313 g/mol. The molecule has 0 saturated carbocycles. The fourth-order valence-electron chi connectivity index (χ4n) is 2.10. The minimum Gasteiger partial charge on any atom is -0.466 e. The van der Waals surface area contributed by atoms with E-state index in [4.69, 9.17) is 4.74 Å². The molecule has 1 amide bonds. The van der Waals surface area contributed by atoms with Gasteiger partial charge in [0.05, 0.1) is 13.0 Å². The van der Waals surface area contributed by atoms with E-state index in [-0.39, 0.29) is 18.3 Å². The van der Waals surface area contributed by atoms with Crippen molar-refractivity contribution < 1.29 is 14.3 Å². The molecule has 2 rings (SSSR count). The van der Waals surface area contributed by atoms with E-state index in [1.54, 1.807) is 48.7 Å². The molecule has 0 atom stereocenters. The SMILES string of the molecule is CCOC(=O)CCN(Cc1ccncc1)C(=O)c1ccncc1. The summed E-state index contributed by atoms with van der Waals surface area (Å²) in [6.07, 6.45) is 6.66. The molecule has 2 heterocycles. The first-order chi connectivity index (χ1) is 11.2. The van der Waals surface area contributed by atoms with Crippen molar-refractivity contribution in [3.8, 4) is 0 Å². The number of nitrogens with zero attached hydrogens (tertiary/aromatic N) is 3. The molecule has 0 bridgehead atoms. The van der Waals surface area contributed by atoms with Crippen molar-refractivity contribution in [3.05, 3.63) is 60.2 Å². The highest BCUT2D eigenvalue weighted by Crippen LogP contribution is 2.10. The summed E-state index contributed by atoms with van der Waals surface area (Å²) < 4.78 is 4.93. The van der Waals surface area contributed by atoms with E-state index < -0.39 is 0 Å². The van der Waals surface area contributed by atoms with Crippen LogP contribution in [0.15, 0.2) is 49.1 Å². The fraction of sp³-hybridized carbons (Fsp3) is 0.294. The maximum absolute atomic E-state index is 12.7. The number of aromatic nitrogens is 2. The van der Waals surface area contributed by atoms with Crippen molar-refractivity contribution in [1.82, 2.24) is 14.9 Å². The number of hydrogen-bond donors (Lipinski definition) is 0. The van der Waals surface area contributed by atoms with Crippen LogP contribution in [0.1, 0.15) is 29.3 Å². The number of carbonyl (C=O) groups excluding carboxylic acids is 2. The first kappa shape index (κ1) is 16.6. The molecule has 0 aliphatic rings. The highest BCUT2D eigenvalue weighted by Gasteiger charge is 2.17. The molecule has 0 radical (unpaired) electrons. The van der Waals surface area contributed by atoms with Crippen LogP contribution in [0.2, 0.25) is 0 Å². The van der Waals surface area contributed by atoms with E-state index in [1.807, 2.05) is 12.1 Å². The summed E-state index contributed by atoms with van der Waals surface area (Å²) in [4.78, 5) is 33.7. The van der Waals surface area contributed by atoms with Crippen LogP contribution < -0.4 is 0 Å². The molecule has 2 aromatic rings. The number of rotatable bonds is 7. The van der Waals surface area contributed by atoms with Crippen LogP contribution >= 0.6 is 0 Å². The van der Waals surface area contributed by atoms with Crippen molar-refractivity contribution in [2.75, 3.05) is 13.2 Å². The Bertz CT molecular complexity index is 632. The van der Waals surface area contributed by atoms with Gasteiger partial charge in [-0.25, -0.2) is 0 Å². The standard InChI is InChI=1S/C17H19N3O3/c1-2-23-16(21)7-12-20(13-14-3-8-18-9-4-14)17(22)15-5-10-19-11-6-15/h3-6,8-11H,2,7,12-13H2,1H3. The molecule has 6 nitrogen and oxygen atoms in total. The molecule has 0 aliphatic carbocycles. The topological polar surface area (TPSA) is 72.4 Å². The molecule has 6 heteroatoms. The van der Waals surface area contributed by atoms with Crippen LogP contribution in [0.4, 0.5) is 0 Å². The summed E-state index contributed by atoms with van der Waals surface area (Å²) in [6.45, 7) is 2.79. The first-order valence-electron chi connectivity index (χ1n) is 7.44. The van der Waals surface area contributed by atoms with Crippen LogP contribution in [-0.4, -0.2) is 39.9 Å². The molecular formula is C17H19N3O3. The lowest BCUT2D eigenvalue weighted by molar-refractivity contribution is -0.143. The van der Waals surface area contributed by atoms with Crippen molar-refractivity contribution in [3.63, 3.8) is 0 Å². The van der Waals surface area contributed by atoms with Gasteiger partial charge in [-0.15, -0.1) is 0 Å². The fourth-order valence-corrected chi connectivity index (χ4v) is 2.10. The normalized spacial score (nSPS) is 10.1. The summed E-state index contributed by atoms with van der Waals surface area (Å²) in [5.41, 5.74) is 1.49. The van der Waals surface area contributed by atoms with Crippen molar-refractivity contribution in [1.29, 1.82) is 0 Å². The Kier molecular flexibility index (Phi) is 6.23. The average Bonchev–Trinajstić information content (AvgIpc) is 2.60. The predicted molar refractivity (Wildman–Crippen MR) is 84.5 cm³/mol. The number of esters is 1. The molecular weight excluding hydrogens is 294 g/mol. The second-order valence-electron chi connectivity index (χ2n) is 4.87. The molecule has 0 unspecified atom stereocenters. The minimum atomic E-state index is -0.310. The van der Waals surface area contributed by atoms with Crippen LogP contribution in [-0.2, 0) is 16.1 Å². The van der Waals surface area contributed by atoms with Crippen molar-refractivity contribution >= 4 is 11.9 Å². The predicted octanol–water partition coefficient (Wildman–Crippen LogP) is 2.07. The smallest absolute Gasteiger partial charge is 0.307 e. The summed E-state index contributed by atoms with van der Waals surface area (Å²) in [6, 6.07) is 7.01.